The molecule has 1 fully saturated rings. The Morgan fingerprint density at radius 3 is 2.47 bits per heavy atom. The van der Waals surface area contributed by atoms with E-state index >= 15 is 0 Å². The predicted molar refractivity (Wildman–Crippen MR) is 62.3 cm³/mol. The zero-order valence-electron chi connectivity index (χ0n) is 9.54. The van der Waals surface area contributed by atoms with E-state index in [-0.39, 0.29) is 0 Å². The summed E-state index contributed by atoms with van der Waals surface area (Å²) in [6, 6.07) is -0.457. The molecule has 0 aromatic carbocycles. The van der Waals surface area contributed by atoms with Crippen molar-refractivity contribution in [2.75, 3.05) is 6.61 Å². The lowest BCUT2D eigenvalue weighted by Crippen LogP contribution is -2.34. The molecule has 0 radical (unpaired) electrons. The van der Waals surface area contributed by atoms with Crippen molar-refractivity contribution < 1.29 is 4.74 Å². The predicted octanol–water partition coefficient (Wildman–Crippen LogP) is 3.49. The van der Waals surface area contributed by atoms with E-state index in [1.807, 2.05) is 0 Å². The van der Waals surface area contributed by atoms with Crippen molar-refractivity contribution >= 4 is 11.6 Å². The van der Waals surface area contributed by atoms with Crippen LogP contribution in [0.1, 0.15) is 46.0 Å². The summed E-state index contributed by atoms with van der Waals surface area (Å²) in [4.78, 5) is 10.00. The first-order chi connectivity index (χ1) is 7.04. The van der Waals surface area contributed by atoms with Crippen molar-refractivity contribution in [3.8, 4) is 0 Å². The minimum Gasteiger partial charge on any atom is -0.376 e. The zero-order chi connectivity index (χ0) is 11.3. The second-order valence-electron chi connectivity index (χ2n) is 4.78. The number of nitroso groups, excluding NO2 is 1. The third-order valence-corrected chi connectivity index (χ3v) is 3.21. The molecule has 0 aromatic rings. The van der Waals surface area contributed by atoms with Crippen molar-refractivity contribution in [1.82, 2.24) is 0 Å². The first-order valence-corrected chi connectivity index (χ1v) is 6.05. The topological polar surface area (TPSA) is 38.7 Å². The number of hydrogen-bond donors (Lipinski definition) is 0. The Hall–Kier alpha value is -0.150. The summed E-state index contributed by atoms with van der Waals surface area (Å²) in [6.45, 7) is 3.94. The summed E-state index contributed by atoms with van der Waals surface area (Å²) in [6.07, 6.45) is 6.28. The van der Waals surface area contributed by atoms with E-state index in [4.69, 9.17) is 16.3 Å². The number of nitrogens with zero attached hydrogens (tertiary/aromatic N) is 1. The molecule has 0 aromatic heterocycles. The lowest BCUT2D eigenvalue weighted by Gasteiger charge is -2.26. The molecule has 0 N–H and O–H groups in total. The molecule has 0 amide bonds. The number of alkyl halides is 1. The molecule has 88 valence electrons. The van der Waals surface area contributed by atoms with E-state index in [0.717, 1.165) is 12.8 Å². The van der Waals surface area contributed by atoms with Crippen LogP contribution in [0.2, 0.25) is 0 Å². The molecule has 0 spiro atoms. The van der Waals surface area contributed by atoms with Crippen molar-refractivity contribution in [2.24, 2.45) is 5.18 Å². The fraction of sp³-hybridized carbons (Fsp3) is 1.00. The number of ether oxygens (including phenoxy) is 1. The van der Waals surface area contributed by atoms with Gasteiger partial charge in [-0.2, -0.15) is 4.91 Å². The van der Waals surface area contributed by atoms with Gasteiger partial charge in [-0.25, -0.2) is 0 Å². The SMILES string of the molecule is CC(C)(Cl)C(COC1CCCCC1)N=O. The van der Waals surface area contributed by atoms with E-state index in [1.165, 1.54) is 19.3 Å². The third-order valence-electron chi connectivity index (χ3n) is 2.96. The van der Waals surface area contributed by atoms with Gasteiger partial charge >= 0.3 is 0 Å². The van der Waals surface area contributed by atoms with Gasteiger partial charge in [0.2, 0.25) is 0 Å². The van der Waals surface area contributed by atoms with Gasteiger partial charge in [-0.05, 0) is 26.7 Å². The quantitative estimate of drug-likeness (QED) is 0.539. The Labute approximate surface area is 96.5 Å². The molecule has 1 aliphatic carbocycles. The molecule has 1 atom stereocenters. The highest BCUT2D eigenvalue weighted by Gasteiger charge is 2.29. The van der Waals surface area contributed by atoms with E-state index in [1.54, 1.807) is 13.8 Å². The second kappa shape index (κ2) is 5.80. The monoisotopic (exact) mass is 233 g/mol. The Morgan fingerprint density at radius 1 is 1.40 bits per heavy atom. The van der Waals surface area contributed by atoms with Crippen LogP contribution in [0.3, 0.4) is 0 Å². The molecule has 4 heteroatoms. The summed E-state index contributed by atoms with van der Waals surface area (Å²) >= 11 is 6.04. The van der Waals surface area contributed by atoms with Gasteiger partial charge in [0.05, 0.1) is 17.6 Å². The fourth-order valence-electron chi connectivity index (χ4n) is 1.81. The van der Waals surface area contributed by atoms with Crippen LogP contribution in [-0.2, 0) is 4.74 Å². The Morgan fingerprint density at radius 2 is 2.00 bits per heavy atom. The number of halogens is 1. The van der Waals surface area contributed by atoms with Crippen LogP contribution >= 0.6 is 11.6 Å². The van der Waals surface area contributed by atoms with Gasteiger partial charge in [-0.1, -0.05) is 24.4 Å². The summed E-state index contributed by atoms with van der Waals surface area (Å²) in [5, 5.41) is 3.04. The normalized spacial score (nSPS) is 21.3. The van der Waals surface area contributed by atoms with Crippen LogP contribution in [-0.4, -0.2) is 23.6 Å². The van der Waals surface area contributed by atoms with E-state index in [0.29, 0.717) is 12.7 Å². The lowest BCUT2D eigenvalue weighted by molar-refractivity contribution is 0.0172. The van der Waals surface area contributed by atoms with Crippen LogP contribution in [0.5, 0.6) is 0 Å². The van der Waals surface area contributed by atoms with Gasteiger partial charge in [0.1, 0.15) is 6.04 Å². The average molecular weight is 234 g/mol. The summed E-state index contributed by atoms with van der Waals surface area (Å²) in [7, 11) is 0. The van der Waals surface area contributed by atoms with E-state index in [2.05, 4.69) is 5.18 Å². The maximum atomic E-state index is 10.6. The standard InChI is InChI=1S/C11H20ClNO2/c1-11(2,12)10(13-14)8-15-9-6-4-3-5-7-9/h9-10H,3-8H2,1-2H3. The number of hydrogen-bond acceptors (Lipinski definition) is 3. The van der Waals surface area contributed by atoms with Crippen molar-refractivity contribution in [3.05, 3.63) is 4.91 Å². The van der Waals surface area contributed by atoms with Crippen LogP contribution in [0.25, 0.3) is 0 Å². The molecule has 0 saturated heterocycles. The van der Waals surface area contributed by atoms with Crippen molar-refractivity contribution in [2.45, 2.75) is 63.0 Å². The van der Waals surface area contributed by atoms with E-state index in [9.17, 15) is 4.91 Å². The maximum absolute atomic E-state index is 10.6. The molecular weight excluding hydrogens is 214 g/mol. The molecule has 1 aliphatic rings. The second-order valence-corrected chi connectivity index (χ2v) is 5.75. The highest BCUT2D eigenvalue weighted by atomic mass is 35.5. The third kappa shape index (κ3) is 4.47. The fourth-order valence-corrected chi connectivity index (χ4v) is 1.92. The molecule has 0 bridgehead atoms. The largest absolute Gasteiger partial charge is 0.376 e. The summed E-state index contributed by atoms with van der Waals surface area (Å²) < 4.78 is 5.68. The first-order valence-electron chi connectivity index (χ1n) is 5.67. The molecular formula is C11H20ClNO2. The minimum absolute atomic E-state index is 0.307. The van der Waals surface area contributed by atoms with Gasteiger partial charge < -0.3 is 4.74 Å². The number of rotatable bonds is 5. The van der Waals surface area contributed by atoms with E-state index < -0.39 is 10.9 Å². The lowest BCUT2D eigenvalue weighted by atomic mass is 9.97. The van der Waals surface area contributed by atoms with Gasteiger partial charge in [0, 0.05) is 0 Å². The molecule has 1 unspecified atom stereocenters. The zero-order valence-corrected chi connectivity index (χ0v) is 10.3. The Bertz CT molecular complexity index is 197. The van der Waals surface area contributed by atoms with Gasteiger partial charge in [0.15, 0.2) is 0 Å². The minimum atomic E-state index is -0.615. The molecule has 15 heavy (non-hydrogen) atoms. The molecule has 1 rings (SSSR count). The Kier molecular flexibility index (Phi) is 5.00. The van der Waals surface area contributed by atoms with Crippen LogP contribution in [0.4, 0.5) is 0 Å². The highest BCUT2D eigenvalue weighted by Crippen LogP contribution is 2.24. The first kappa shape index (κ1) is 12.9. The highest BCUT2D eigenvalue weighted by molar-refractivity contribution is 6.23. The average Bonchev–Trinajstić information content (AvgIpc) is 2.18. The van der Waals surface area contributed by atoms with Crippen molar-refractivity contribution in [1.29, 1.82) is 0 Å². The van der Waals surface area contributed by atoms with Gasteiger partial charge in [-0.3, -0.25) is 0 Å². The van der Waals surface area contributed by atoms with Gasteiger partial charge in [0.25, 0.3) is 0 Å². The molecule has 0 aliphatic heterocycles. The smallest absolute Gasteiger partial charge is 0.134 e. The summed E-state index contributed by atoms with van der Waals surface area (Å²) in [5.41, 5.74) is 0. The molecule has 1 saturated carbocycles. The van der Waals surface area contributed by atoms with Crippen LogP contribution in [0, 0.1) is 4.91 Å². The van der Waals surface area contributed by atoms with Crippen molar-refractivity contribution in [3.63, 3.8) is 0 Å². The Balaban J connectivity index is 2.30. The van der Waals surface area contributed by atoms with Gasteiger partial charge in [-0.15, -0.1) is 11.6 Å². The van der Waals surface area contributed by atoms with Crippen LogP contribution in [0.15, 0.2) is 5.18 Å². The molecule has 3 nitrogen and oxygen atoms in total. The molecule has 0 heterocycles. The van der Waals surface area contributed by atoms with Crippen LogP contribution < -0.4 is 0 Å². The maximum Gasteiger partial charge on any atom is 0.134 e. The summed E-state index contributed by atoms with van der Waals surface area (Å²) in [5.74, 6) is 0.